The van der Waals surface area contributed by atoms with Crippen LogP contribution in [0.25, 0.3) is 0 Å². The van der Waals surface area contributed by atoms with E-state index in [-0.39, 0.29) is 10.8 Å². The van der Waals surface area contributed by atoms with Crippen LogP contribution in [-0.4, -0.2) is 46.1 Å². The van der Waals surface area contributed by atoms with Crippen molar-refractivity contribution in [3.05, 3.63) is 45.1 Å². The maximum atomic E-state index is 2.58. The smallest absolute Gasteiger partial charge is 0.117 e. The van der Waals surface area contributed by atoms with Gasteiger partial charge in [-0.25, -0.2) is 0 Å². The van der Waals surface area contributed by atoms with Crippen LogP contribution in [0.4, 0.5) is 0 Å². The Morgan fingerprint density at radius 2 is 0.963 bits per heavy atom. The van der Waals surface area contributed by atoms with Crippen LogP contribution in [0.1, 0.15) is 54.4 Å². The van der Waals surface area contributed by atoms with Gasteiger partial charge in [0.25, 0.3) is 0 Å². The Kier molecular flexibility index (Phi) is 5.71. The lowest BCUT2D eigenvalue weighted by Crippen LogP contribution is -2.40. The summed E-state index contributed by atoms with van der Waals surface area (Å²) in [6, 6.07) is 0. The predicted molar refractivity (Wildman–Crippen MR) is 123 cm³/mol. The molecule has 0 aromatic carbocycles. The van der Waals surface area contributed by atoms with Crippen LogP contribution in [0.15, 0.2) is 45.1 Å². The first-order valence-electron chi connectivity index (χ1n) is 10.3. The number of rotatable bonds is 4. The van der Waals surface area contributed by atoms with Crippen molar-refractivity contribution >= 4 is 8.07 Å². The van der Waals surface area contributed by atoms with Crippen molar-refractivity contribution in [1.29, 1.82) is 0 Å². The first-order chi connectivity index (χ1) is 12.1. The van der Waals surface area contributed by atoms with Gasteiger partial charge in [0.15, 0.2) is 0 Å². The monoisotopic (exact) mass is 386 g/mol. The van der Waals surface area contributed by atoms with Gasteiger partial charge in [0.05, 0.1) is 0 Å². The van der Waals surface area contributed by atoms with Crippen molar-refractivity contribution in [2.24, 2.45) is 10.8 Å². The van der Waals surface area contributed by atoms with E-state index in [1.54, 1.807) is 21.5 Å². The molecule has 3 heteroatoms. The fraction of sp³-hybridized carbons (Fsp3) is 0.667. The van der Waals surface area contributed by atoms with E-state index in [1.165, 1.54) is 11.4 Å². The Hall–Kier alpha value is -1.22. The highest BCUT2D eigenvalue weighted by molar-refractivity contribution is 6.92. The zero-order valence-electron chi connectivity index (χ0n) is 20.0. The molecule has 0 unspecified atom stereocenters. The third kappa shape index (κ3) is 3.99. The largest absolute Gasteiger partial charge is 0.378 e. The van der Waals surface area contributed by atoms with E-state index in [4.69, 9.17) is 0 Å². The van der Waals surface area contributed by atoms with E-state index < -0.39 is 8.07 Å². The molecular weight excluding hydrogens is 344 g/mol. The van der Waals surface area contributed by atoms with E-state index in [9.17, 15) is 0 Å². The number of allylic oxidation sites excluding steroid dienone is 6. The van der Waals surface area contributed by atoms with Gasteiger partial charge in [-0.1, -0.05) is 77.9 Å². The van der Waals surface area contributed by atoms with Crippen LogP contribution in [0.3, 0.4) is 0 Å². The third-order valence-corrected chi connectivity index (χ3v) is 9.76. The first-order valence-corrected chi connectivity index (χ1v) is 13.3. The molecule has 0 aliphatic heterocycles. The molecule has 0 saturated heterocycles. The third-order valence-electron chi connectivity index (χ3n) is 6.14. The van der Waals surface area contributed by atoms with Gasteiger partial charge in [0, 0.05) is 39.6 Å². The Morgan fingerprint density at radius 1 is 0.667 bits per heavy atom. The van der Waals surface area contributed by atoms with Crippen molar-refractivity contribution in [3.63, 3.8) is 0 Å². The van der Waals surface area contributed by atoms with Crippen LogP contribution >= 0.6 is 0 Å². The van der Waals surface area contributed by atoms with Crippen molar-refractivity contribution in [1.82, 2.24) is 9.80 Å². The van der Waals surface area contributed by atoms with Gasteiger partial charge in [-0.15, -0.1) is 0 Å². The molecule has 0 N–H and O–H groups in total. The summed E-state index contributed by atoms with van der Waals surface area (Å²) in [5.41, 5.74) is 6.63. The molecule has 0 bridgehead atoms. The lowest BCUT2D eigenvalue weighted by Gasteiger charge is -2.39. The van der Waals surface area contributed by atoms with Gasteiger partial charge < -0.3 is 9.80 Å². The average molecular weight is 387 g/mol. The summed E-state index contributed by atoms with van der Waals surface area (Å²) in [4.78, 5) is 4.68. The molecule has 0 heterocycles. The summed E-state index contributed by atoms with van der Waals surface area (Å²) in [7, 11) is 6.93. The second-order valence-corrected chi connectivity index (χ2v) is 15.5. The minimum Gasteiger partial charge on any atom is -0.378 e. The van der Waals surface area contributed by atoms with Crippen LogP contribution in [0, 0.1) is 10.8 Å². The minimum atomic E-state index is -1.90. The lowest BCUT2D eigenvalue weighted by atomic mass is 9.85. The van der Waals surface area contributed by atoms with E-state index >= 15 is 0 Å². The second kappa shape index (κ2) is 6.99. The molecular formula is C24H42N2Si. The van der Waals surface area contributed by atoms with E-state index in [0.717, 1.165) is 12.8 Å². The molecule has 0 radical (unpaired) electrons. The molecule has 27 heavy (non-hydrogen) atoms. The van der Waals surface area contributed by atoms with Gasteiger partial charge in [0.2, 0.25) is 0 Å². The van der Waals surface area contributed by atoms with Gasteiger partial charge in [-0.3, -0.25) is 0 Å². The molecule has 2 rings (SSSR count). The van der Waals surface area contributed by atoms with Gasteiger partial charge in [-0.2, -0.15) is 0 Å². The quantitative estimate of drug-likeness (QED) is 0.534. The fourth-order valence-corrected chi connectivity index (χ4v) is 9.45. The number of nitrogens with zero attached hydrogens (tertiary/aromatic N) is 2. The normalized spacial score (nSPS) is 19.0. The number of hydrogen-bond donors (Lipinski definition) is 0. The SMILES string of the molecule is CN(C)C1=CCC(C(C)(C)C)=C1[Si](C)(C)C1=C(C(C)(C)C)CC=C1N(C)C. The lowest BCUT2D eigenvalue weighted by molar-refractivity contribution is 0.488. The number of likely N-dealkylation sites (N-methyl/N-ethyl adjacent to an activating group) is 2. The van der Waals surface area contributed by atoms with Gasteiger partial charge in [0.1, 0.15) is 8.07 Å². The zero-order chi connectivity index (χ0) is 20.9. The first kappa shape index (κ1) is 22.1. The van der Waals surface area contributed by atoms with Gasteiger partial charge >= 0.3 is 0 Å². The van der Waals surface area contributed by atoms with Crippen molar-refractivity contribution in [2.45, 2.75) is 67.5 Å². The standard InChI is InChI=1S/C24H42N2Si/c1-23(2,3)17-13-15-19(25(7)8)21(17)27(11,12)22-18(24(4,5)6)14-16-20(22)26(9)10/h15-16H,13-14H2,1-12H3. The van der Waals surface area contributed by atoms with Crippen LogP contribution in [0.2, 0.25) is 13.1 Å². The molecule has 2 aliphatic carbocycles. The molecule has 0 spiro atoms. The Labute approximate surface area is 169 Å². The highest BCUT2D eigenvalue weighted by Crippen LogP contribution is 2.50. The van der Waals surface area contributed by atoms with E-state index in [1.807, 2.05) is 0 Å². The van der Waals surface area contributed by atoms with Crippen molar-refractivity contribution < 1.29 is 0 Å². The highest BCUT2D eigenvalue weighted by atomic mass is 28.3. The molecule has 0 atom stereocenters. The van der Waals surface area contributed by atoms with Gasteiger partial charge in [-0.05, 0) is 34.1 Å². The van der Waals surface area contributed by atoms with E-state index in [0.29, 0.717) is 0 Å². The summed E-state index contributed by atoms with van der Waals surface area (Å²) < 4.78 is 0. The molecule has 0 saturated carbocycles. The van der Waals surface area contributed by atoms with Crippen molar-refractivity contribution in [2.75, 3.05) is 28.2 Å². The zero-order valence-corrected chi connectivity index (χ0v) is 21.0. The summed E-state index contributed by atoms with van der Waals surface area (Å²) in [5.74, 6) is 0. The second-order valence-electron chi connectivity index (χ2n) is 11.2. The molecule has 2 aliphatic rings. The molecule has 152 valence electrons. The van der Waals surface area contributed by atoms with Crippen LogP contribution in [-0.2, 0) is 0 Å². The fourth-order valence-electron chi connectivity index (χ4n) is 4.81. The van der Waals surface area contributed by atoms with Crippen molar-refractivity contribution in [3.8, 4) is 0 Å². The molecule has 0 amide bonds. The Morgan fingerprint density at radius 3 is 1.19 bits per heavy atom. The molecule has 0 aromatic heterocycles. The predicted octanol–water partition coefficient (Wildman–Crippen LogP) is 6.16. The molecule has 0 fully saturated rings. The van der Waals surface area contributed by atoms with Crippen LogP contribution < -0.4 is 0 Å². The van der Waals surface area contributed by atoms with Crippen LogP contribution in [0.5, 0.6) is 0 Å². The maximum Gasteiger partial charge on any atom is 0.117 e. The minimum absolute atomic E-state index is 0.205. The van der Waals surface area contributed by atoms with E-state index in [2.05, 4.69) is 105 Å². The number of hydrogen-bond acceptors (Lipinski definition) is 2. The highest BCUT2D eigenvalue weighted by Gasteiger charge is 2.45. The summed E-state index contributed by atoms with van der Waals surface area (Å²) in [6.07, 6.45) is 7.13. The summed E-state index contributed by atoms with van der Waals surface area (Å²) in [5, 5.41) is 3.35. The average Bonchev–Trinajstić information content (AvgIpc) is 3.11. The maximum absolute atomic E-state index is 2.58. The molecule has 0 aromatic rings. The summed E-state index contributed by atoms with van der Waals surface area (Å²) >= 11 is 0. The Balaban J connectivity index is 2.80. The molecule has 2 nitrogen and oxygen atoms in total. The summed E-state index contributed by atoms with van der Waals surface area (Å²) in [6.45, 7) is 19.5. The topological polar surface area (TPSA) is 6.48 Å². The Bertz CT molecular complexity index is 667.